The molecule has 0 spiro atoms. The van der Waals surface area contributed by atoms with Crippen LogP contribution in [-0.4, -0.2) is 63.3 Å². The van der Waals surface area contributed by atoms with E-state index in [1.807, 2.05) is 31.2 Å². The summed E-state index contributed by atoms with van der Waals surface area (Å²) in [6.45, 7) is 4.72. The maximum atomic E-state index is 11.9. The molecular weight excluding hydrogens is 332 g/mol. The van der Waals surface area contributed by atoms with Crippen LogP contribution in [0.2, 0.25) is 0 Å². The Morgan fingerprint density at radius 1 is 1.35 bits per heavy atom. The smallest absolute Gasteiger partial charge is 0.241 e. The summed E-state index contributed by atoms with van der Waals surface area (Å²) in [6.07, 6.45) is 2.33. The van der Waals surface area contributed by atoms with E-state index in [2.05, 4.69) is 15.6 Å². The molecule has 1 unspecified atom stereocenters. The molecule has 0 radical (unpaired) electrons. The van der Waals surface area contributed by atoms with E-state index in [0.29, 0.717) is 25.7 Å². The van der Waals surface area contributed by atoms with Crippen molar-refractivity contribution < 1.29 is 14.3 Å². The number of hydrogen-bond donors (Lipinski definition) is 2. The lowest BCUT2D eigenvalue weighted by Crippen LogP contribution is -2.45. The van der Waals surface area contributed by atoms with Crippen molar-refractivity contribution in [1.29, 1.82) is 0 Å². The molecule has 0 aromatic heterocycles. The fraction of sp³-hybridized carbons (Fsp3) is 0.579. The first-order valence-electron chi connectivity index (χ1n) is 9.14. The van der Waals surface area contributed by atoms with Crippen LogP contribution in [0.5, 0.6) is 5.75 Å². The van der Waals surface area contributed by atoms with Crippen molar-refractivity contribution in [2.75, 3.05) is 40.4 Å². The molecule has 1 atom stereocenters. The average Bonchev–Trinajstić information content (AvgIpc) is 3.15. The Hall–Kier alpha value is -2.28. The van der Waals surface area contributed by atoms with Crippen LogP contribution in [0.4, 0.5) is 0 Å². The number of carbonyl (C=O) groups is 1. The van der Waals surface area contributed by atoms with Gasteiger partial charge < -0.3 is 25.0 Å². The van der Waals surface area contributed by atoms with Gasteiger partial charge in [-0.1, -0.05) is 18.2 Å². The van der Waals surface area contributed by atoms with Gasteiger partial charge in [0.1, 0.15) is 5.75 Å². The number of rotatable bonds is 8. The third-order valence-corrected chi connectivity index (χ3v) is 4.11. The summed E-state index contributed by atoms with van der Waals surface area (Å²) in [7, 11) is 3.47. The maximum Gasteiger partial charge on any atom is 0.241 e. The molecule has 1 saturated heterocycles. The number of para-hydroxylation sites is 1. The zero-order valence-electron chi connectivity index (χ0n) is 16.0. The molecule has 2 rings (SSSR count). The Kier molecular flexibility index (Phi) is 8.21. The Labute approximate surface area is 155 Å². The van der Waals surface area contributed by atoms with Crippen LogP contribution in [0, 0.1) is 0 Å². The van der Waals surface area contributed by atoms with Gasteiger partial charge in [-0.3, -0.25) is 4.79 Å². The van der Waals surface area contributed by atoms with Crippen LogP contribution < -0.4 is 15.4 Å². The SMILES string of the molecule is CCOc1ccccc1CN=C(NCC(=O)N(C)C)NCC1CCCO1. The molecular formula is C19H30N4O3. The lowest BCUT2D eigenvalue weighted by molar-refractivity contribution is -0.127. The van der Waals surface area contributed by atoms with E-state index >= 15 is 0 Å². The lowest BCUT2D eigenvalue weighted by Gasteiger charge is -2.17. The largest absolute Gasteiger partial charge is 0.494 e. The third-order valence-electron chi connectivity index (χ3n) is 4.11. The minimum absolute atomic E-state index is 0.00803. The van der Waals surface area contributed by atoms with Crippen molar-refractivity contribution in [1.82, 2.24) is 15.5 Å². The minimum Gasteiger partial charge on any atom is -0.494 e. The van der Waals surface area contributed by atoms with Gasteiger partial charge in [0.05, 0.1) is 25.8 Å². The zero-order valence-corrected chi connectivity index (χ0v) is 16.0. The van der Waals surface area contributed by atoms with E-state index in [9.17, 15) is 4.79 Å². The summed E-state index contributed by atoms with van der Waals surface area (Å²) < 4.78 is 11.3. The molecule has 0 saturated carbocycles. The van der Waals surface area contributed by atoms with Crippen molar-refractivity contribution in [2.45, 2.75) is 32.4 Å². The van der Waals surface area contributed by atoms with Crippen molar-refractivity contribution in [2.24, 2.45) is 4.99 Å². The number of aliphatic imine (C=N–C) groups is 1. The van der Waals surface area contributed by atoms with Gasteiger partial charge in [0, 0.05) is 32.8 Å². The number of guanidine groups is 1. The highest BCUT2D eigenvalue weighted by Gasteiger charge is 2.16. The molecule has 1 amide bonds. The third kappa shape index (κ3) is 6.55. The van der Waals surface area contributed by atoms with E-state index in [0.717, 1.165) is 30.8 Å². The highest BCUT2D eigenvalue weighted by molar-refractivity contribution is 5.86. The second-order valence-electron chi connectivity index (χ2n) is 6.36. The summed E-state index contributed by atoms with van der Waals surface area (Å²) >= 11 is 0. The first kappa shape index (κ1) is 20.0. The van der Waals surface area contributed by atoms with Crippen LogP contribution in [-0.2, 0) is 16.1 Å². The number of carbonyl (C=O) groups excluding carboxylic acids is 1. The highest BCUT2D eigenvalue weighted by Crippen LogP contribution is 2.18. The van der Waals surface area contributed by atoms with Crippen LogP contribution >= 0.6 is 0 Å². The van der Waals surface area contributed by atoms with Crippen molar-refractivity contribution in [3.8, 4) is 5.75 Å². The van der Waals surface area contributed by atoms with Crippen LogP contribution in [0.1, 0.15) is 25.3 Å². The Morgan fingerprint density at radius 2 is 2.15 bits per heavy atom. The van der Waals surface area contributed by atoms with Gasteiger partial charge in [0.15, 0.2) is 5.96 Å². The second-order valence-corrected chi connectivity index (χ2v) is 6.36. The zero-order chi connectivity index (χ0) is 18.8. The summed E-state index contributed by atoms with van der Waals surface area (Å²) in [5.74, 6) is 1.43. The molecule has 0 aliphatic carbocycles. The fourth-order valence-corrected chi connectivity index (χ4v) is 2.60. The minimum atomic E-state index is -0.00803. The van der Waals surface area contributed by atoms with Crippen molar-refractivity contribution in [3.05, 3.63) is 29.8 Å². The van der Waals surface area contributed by atoms with E-state index < -0.39 is 0 Å². The summed E-state index contributed by atoms with van der Waals surface area (Å²) in [6, 6.07) is 7.85. The van der Waals surface area contributed by atoms with Crippen LogP contribution in [0.3, 0.4) is 0 Å². The van der Waals surface area contributed by atoms with E-state index in [4.69, 9.17) is 9.47 Å². The topological polar surface area (TPSA) is 75.2 Å². The number of nitrogens with zero attached hydrogens (tertiary/aromatic N) is 2. The predicted octanol–water partition coefficient (Wildman–Crippen LogP) is 1.39. The number of benzene rings is 1. The average molecular weight is 362 g/mol. The molecule has 0 bridgehead atoms. The Bertz CT molecular complexity index is 598. The van der Waals surface area contributed by atoms with Crippen molar-refractivity contribution >= 4 is 11.9 Å². The van der Waals surface area contributed by atoms with Gasteiger partial charge in [-0.15, -0.1) is 0 Å². The number of hydrogen-bond acceptors (Lipinski definition) is 4. The van der Waals surface area contributed by atoms with Gasteiger partial charge in [0.25, 0.3) is 0 Å². The van der Waals surface area contributed by atoms with Gasteiger partial charge in [0.2, 0.25) is 5.91 Å². The van der Waals surface area contributed by atoms with Crippen LogP contribution in [0.15, 0.2) is 29.3 Å². The maximum absolute atomic E-state index is 11.9. The highest BCUT2D eigenvalue weighted by atomic mass is 16.5. The lowest BCUT2D eigenvalue weighted by atomic mass is 10.2. The molecule has 1 aliphatic rings. The summed E-state index contributed by atoms with van der Waals surface area (Å²) in [4.78, 5) is 18.0. The van der Waals surface area contributed by atoms with E-state index in [1.54, 1.807) is 19.0 Å². The monoisotopic (exact) mass is 362 g/mol. The molecule has 7 nitrogen and oxygen atoms in total. The van der Waals surface area contributed by atoms with E-state index in [1.165, 1.54) is 0 Å². The predicted molar refractivity (Wildman–Crippen MR) is 102 cm³/mol. The summed E-state index contributed by atoms with van der Waals surface area (Å²) in [5, 5.41) is 6.38. The Morgan fingerprint density at radius 3 is 2.85 bits per heavy atom. The first-order valence-corrected chi connectivity index (χ1v) is 9.14. The number of ether oxygens (including phenoxy) is 2. The molecule has 1 aromatic rings. The molecule has 7 heteroatoms. The number of nitrogens with one attached hydrogen (secondary N) is 2. The normalized spacial score (nSPS) is 17.0. The molecule has 1 fully saturated rings. The molecule has 2 N–H and O–H groups in total. The molecule has 26 heavy (non-hydrogen) atoms. The standard InChI is InChI=1S/C19H30N4O3/c1-4-25-17-10-6-5-8-15(17)12-20-19(22-14-18(24)23(2)3)21-13-16-9-7-11-26-16/h5-6,8,10,16H,4,7,9,11-14H2,1-3H3,(H2,20,21,22). The number of amides is 1. The van der Waals surface area contributed by atoms with Gasteiger partial charge in [-0.25, -0.2) is 4.99 Å². The van der Waals surface area contributed by atoms with Crippen LogP contribution in [0.25, 0.3) is 0 Å². The second kappa shape index (κ2) is 10.7. The fourth-order valence-electron chi connectivity index (χ4n) is 2.60. The van der Waals surface area contributed by atoms with Gasteiger partial charge in [-0.05, 0) is 25.8 Å². The molecule has 144 valence electrons. The molecule has 1 aromatic carbocycles. The Balaban J connectivity index is 2.00. The van der Waals surface area contributed by atoms with Gasteiger partial charge in [-0.2, -0.15) is 0 Å². The van der Waals surface area contributed by atoms with Gasteiger partial charge >= 0.3 is 0 Å². The quantitative estimate of drug-likeness (QED) is 0.540. The number of likely N-dealkylation sites (N-methyl/N-ethyl adjacent to an activating group) is 1. The summed E-state index contributed by atoms with van der Waals surface area (Å²) in [5.41, 5.74) is 1.01. The van der Waals surface area contributed by atoms with E-state index in [-0.39, 0.29) is 18.6 Å². The first-order chi connectivity index (χ1) is 12.6. The van der Waals surface area contributed by atoms with Crippen molar-refractivity contribution in [3.63, 3.8) is 0 Å². The molecule has 1 aliphatic heterocycles. The molecule has 1 heterocycles.